The van der Waals surface area contributed by atoms with Crippen LogP contribution in [0.4, 0.5) is 10.1 Å². The molecule has 0 spiro atoms. The molecular formula is C35H22FN3OPd-4. The Morgan fingerprint density at radius 3 is 2.39 bits per heavy atom. The Bertz CT molecular complexity index is 2100. The third-order valence-corrected chi connectivity index (χ3v) is 7.53. The van der Waals surface area contributed by atoms with Gasteiger partial charge in [-0.1, -0.05) is 35.5 Å². The SMILES string of the molecule is CN1C=CN(c2[c-]c(C(F)c3[c-]c4c(cc3)c3ccc5oc6ccccc6c5c3n4-c3[c-]cccc3)ccc2)[CH-]1.[Pd]. The molecule has 0 amide bonds. The zero-order chi connectivity index (χ0) is 26.8. The van der Waals surface area contributed by atoms with Crippen molar-refractivity contribution in [1.29, 1.82) is 0 Å². The summed E-state index contributed by atoms with van der Waals surface area (Å²) in [5, 5.41) is 4.11. The largest absolute Gasteiger partial charge is 0.510 e. The molecule has 4 nitrogen and oxygen atoms in total. The number of benzene rings is 5. The molecule has 0 aliphatic carbocycles. The molecular weight excluding hydrogens is 604 g/mol. The van der Waals surface area contributed by atoms with Crippen molar-refractivity contribution in [3.05, 3.63) is 139 Å². The van der Waals surface area contributed by atoms with Crippen molar-refractivity contribution in [1.82, 2.24) is 9.47 Å². The standard InChI is InChI=1S/C35H22FN3O.Pd/c1-37-18-19-38(22-37)26-11-7-8-23(20-26)34(36)24-14-15-27-28-16-17-32-33(29-12-5-6-13-31(29)40-32)35(28)39(30(27)21-24)25-9-3-2-4-10-25;/h2-9,11-19,22,34H,1H3;/q-4;. The van der Waals surface area contributed by atoms with Gasteiger partial charge < -0.3 is 18.8 Å². The maximum Gasteiger partial charge on any atom is 0.137 e. The number of halogens is 1. The van der Waals surface area contributed by atoms with E-state index in [9.17, 15) is 0 Å². The van der Waals surface area contributed by atoms with Gasteiger partial charge in [0.25, 0.3) is 0 Å². The molecule has 0 bridgehead atoms. The number of rotatable bonds is 4. The van der Waals surface area contributed by atoms with Gasteiger partial charge in [0.15, 0.2) is 0 Å². The fourth-order valence-electron chi connectivity index (χ4n) is 5.70. The van der Waals surface area contributed by atoms with Gasteiger partial charge in [-0.3, -0.25) is 0 Å². The van der Waals surface area contributed by atoms with Crippen molar-refractivity contribution in [2.24, 2.45) is 0 Å². The summed E-state index contributed by atoms with van der Waals surface area (Å²) in [6.45, 7) is 1.93. The summed E-state index contributed by atoms with van der Waals surface area (Å²) in [6, 6.07) is 39.5. The number of alkyl halides is 1. The van der Waals surface area contributed by atoms with E-state index in [1.54, 1.807) is 6.07 Å². The van der Waals surface area contributed by atoms with Gasteiger partial charge in [0.2, 0.25) is 0 Å². The van der Waals surface area contributed by atoms with Gasteiger partial charge in [-0.15, -0.1) is 28.3 Å². The summed E-state index contributed by atoms with van der Waals surface area (Å²) in [7, 11) is 1.95. The predicted octanol–water partition coefficient (Wildman–Crippen LogP) is 8.48. The van der Waals surface area contributed by atoms with Crippen LogP contribution in [-0.4, -0.2) is 16.5 Å². The van der Waals surface area contributed by atoms with E-state index >= 15 is 4.39 Å². The van der Waals surface area contributed by atoms with E-state index in [0.29, 0.717) is 11.1 Å². The Labute approximate surface area is 250 Å². The fraction of sp³-hybridized carbons (Fsp3) is 0.0571. The van der Waals surface area contributed by atoms with Crippen LogP contribution in [-0.2, 0) is 20.4 Å². The molecule has 3 heterocycles. The molecule has 0 saturated carbocycles. The number of para-hydroxylation sites is 2. The Kier molecular flexibility index (Phi) is 6.19. The summed E-state index contributed by atoms with van der Waals surface area (Å²) in [5.74, 6) is 0. The van der Waals surface area contributed by atoms with Gasteiger partial charge in [-0.05, 0) is 37.0 Å². The molecule has 5 aromatic carbocycles. The van der Waals surface area contributed by atoms with E-state index in [1.165, 1.54) is 0 Å². The van der Waals surface area contributed by atoms with E-state index in [2.05, 4.69) is 34.9 Å². The van der Waals surface area contributed by atoms with Gasteiger partial charge >= 0.3 is 0 Å². The minimum Gasteiger partial charge on any atom is -0.510 e. The van der Waals surface area contributed by atoms with Crippen molar-refractivity contribution >= 4 is 49.4 Å². The normalized spacial score (nSPS) is 14.0. The quantitative estimate of drug-likeness (QED) is 0.145. The Morgan fingerprint density at radius 1 is 0.756 bits per heavy atom. The number of aromatic nitrogens is 1. The molecule has 1 aliphatic rings. The molecule has 8 rings (SSSR count). The number of fused-ring (bicyclic) bond motifs is 7. The molecule has 0 radical (unpaired) electrons. The molecule has 1 unspecified atom stereocenters. The predicted molar refractivity (Wildman–Crippen MR) is 158 cm³/mol. The maximum atomic E-state index is 16.2. The minimum atomic E-state index is -1.39. The molecule has 0 N–H and O–H groups in total. The second-order valence-corrected chi connectivity index (χ2v) is 10.0. The number of furan rings is 1. The molecule has 0 fully saturated rings. The van der Waals surface area contributed by atoms with Gasteiger partial charge in [-0.2, -0.15) is 73.4 Å². The first kappa shape index (κ1) is 25.6. The van der Waals surface area contributed by atoms with Gasteiger partial charge in [0.05, 0.1) is 5.39 Å². The smallest absolute Gasteiger partial charge is 0.137 e. The van der Waals surface area contributed by atoms with Crippen LogP contribution in [0.2, 0.25) is 0 Å². The average Bonchev–Trinajstić information content (AvgIpc) is 3.70. The van der Waals surface area contributed by atoms with Crippen LogP contribution < -0.4 is 4.90 Å². The number of nitrogens with zero attached hydrogens (tertiary/aromatic N) is 3. The van der Waals surface area contributed by atoms with Crippen molar-refractivity contribution < 1.29 is 29.2 Å². The molecule has 7 aromatic rings. The number of hydrogen-bond donors (Lipinski definition) is 0. The molecule has 0 saturated heterocycles. The van der Waals surface area contributed by atoms with E-state index in [0.717, 1.165) is 55.1 Å². The molecule has 6 heteroatoms. The van der Waals surface area contributed by atoms with Crippen LogP contribution >= 0.6 is 0 Å². The fourth-order valence-corrected chi connectivity index (χ4v) is 5.70. The van der Waals surface area contributed by atoms with Crippen LogP contribution in [0.1, 0.15) is 17.3 Å². The van der Waals surface area contributed by atoms with Crippen LogP contribution in [0, 0.1) is 24.9 Å². The van der Waals surface area contributed by atoms with Crippen LogP contribution in [0.5, 0.6) is 0 Å². The maximum absolute atomic E-state index is 16.2. The van der Waals surface area contributed by atoms with E-state index in [-0.39, 0.29) is 20.4 Å². The molecule has 204 valence electrons. The van der Waals surface area contributed by atoms with Crippen molar-refractivity contribution in [2.75, 3.05) is 11.9 Å². The van der Waals surface area contributed by atoms with Crippen LogP contribution in [0.15, 0.2) is 108 Å². The third-order valence-electron chi connectivity index (χ3n) is 7.53. The second-order valence-electron chi connectivity index (χ2n) is 10.0. The van der Waals surface area contributed by atoms with Crippen LogP contribution in [0.3, 0.4) is 0 Å². The Morgan fingerprint density at radius 2 is 1.56 bits per heavy atom. The summed E-state index contributed by atoms with van der Waals surface area (Å²) in [6.07, 6.45) is 2.47. The third kappa shape index (κ3) is 4.06. The van der Waals surface area contributed by atoms with E-state index in [1.807, 2.05) is 109 Å². The first-order valence-corrected chi connectivity index (χ1v) is 13.1. The van der Waals surface area contributed by atoms with E-state index in [4.69, 9.17) is 4.42 Å². The van der Waals surface area contributed by atoms with Gasteiger partial charge in [-0.25, -0.2) is 4.39 Å². The topological polar surface area (TPSA) is 24.6 Å². The minimum absolute atomic E-state index is 0. The summed E-state index contributed by atoms with van der Waals surface area (Å²) in [4.78, 5) is 3.86. The molecule has 1 atom stereocenters. The molecule has 1 aliphatic heterocycles. The van der Waals surface area contributed by atoms with Crippen molar-refractivity contribution in [3.8, 4) is 5.69 Å². The van der Waals surface area contributed by atoms with E-state index < -0.39 is 6.17 Å². The second kappa shape index (κ2) is 9.92. The monoisotopic (exact) mass is 625 g/mol. The first-order chi connectivity index (χ1) is 19.7. The van der Waals surface area contributed by atoms with Crippen LogP contribution in [0.25, 0.3) is 49.4 Å². The van der Waals surface area contributed by atoms with Gasteiger partial charge in [0.1, 0.15) is 17.3 Å². The summed E-state index contributed by atoms with van der Waals surface area (Å²) in [5.41, 5.74) is 5.99. The first-order valence-electron chi connectivity index (χ1n) is 13.1. The zero-order valence-corrected chi connectivity index (χ0v) is 23.5. The molecule has 2 aromatic heterocycles. The molecule has 41 heavy (non-hydrogen) atoms. The average molecular weight is 626 g/mol. The van der Waals surface area contributed by atoms with Gasteiger partial charge in [0, 0.05) is 31.3 Å². The Balaban J connectivity index is 0.00000276. The summed E-state index contributed by atoms with van der Waals surface area (Å²) < 4.78 is 24.5. The summed E-state index contributed by atoms with van der Waals surface area (Å²) >= 11 is 0. The Hall–Kier alpha value is -4.37. The number of hydrogen-bond acceptors (Lipinski definition) is 3. The zero-order valence-electron chi connectivity index (χ0n) is 21.9. The number of anilines is 1. The van der Waals surface area contributed by atoms with Crippen molar-refractivity contribution in [3.63, 3.8) is 0 Å². The van der Waals surface area contributed by atoms with Crippen molar-refractivity contribution in [2.45, 2.75) is 6.17 Å².